The van der Waals surface area contributed by atoms with E-state index in [0.717, 1.165) is 18.4 Å². The Morgan fingerprint density at radius 2 is 2.05 bits per heavy atom. The van der Waals surface area contributed by atoms with Gasteiger partial charge in [0.15, 0.2) is 0 Å². The smallest absolute Gasteiger partial charge is 0.242 e. The van der Waals surface area contributed by atoms with Crippen molar-refractivity contribution in [2.45, 2.75) is 25.3 Å². The fraction of sp³-hybridized carbons (Fsp3) is 0.500. The number of ether oxygens (including phenoxy) is 1. The maximum Gasteiger partial charge on any atom is 0.242 e. The molecule has 0 unspecified atom stereocenters. The minimum absolute atomic E-state index is 0.0108. The van der Waals surface area contributed by atoms with E-state index in [1.165, 1.54) is 0 Å². The first kappa shape index (κ1) is 13.9. The second-order valence-corrected chi connectivity index (χ2v) is 5.62. The number of rotatable bonds is 4. The molecule has 1 saturated heterocycles. The van der Waals surface area contributed by atoms with Crippen LogP contribution in [0.25, 0.3) is 0 Å². The standard InChI is InChI=1S/C16H20N2O3/c1-21-14-5-3-2-4-12(14)10-15(19)17-8-9-18(13-6-7-13)16(20)11-17/h2-5,13H,6-11H2,1H3. The van der Waals surface area contributed by atoms with Crippen LogP contribution < -0.4 is 4.74 Å². The average Bonchev–Trinajstić information content (AvgIpc) is 3.32. The second-order valence-electron chi connectivity index (χ2n) is 5.62. The molecule has 1 aliphatic heterocycles. The number of nitrogens with zero attached hydrogens (tertiary/aromatic N) is 2. The Bertz CT molecular complexity index is 554. The number of benzene rings is 1. The maximum absolute atomic E-state index is 12.4. The van der Waals surface area contributed by atoms with Crippen LogP contribution in [0.4, 0.5) is 0 Å². The van der Waals surface area contributed by atoms with Crippen molar-refractivity contribution in [1.82, 2.24) is 9.80 Å². The molecule has 5 heteroatoms. The van der Waals surface area contributed by atoms with Gasteiger partial charge in [-0.25, -0.2) is 0 Å². The minimum Gasteiger partial charge on any atom is -0.496 e. The van der Waals surface area contributed by atoms with Crippen molar-refractivity contribution in [1.29, 1.82) is 0 Å². The molecule has 0 atom stereocenters. The summed E-state index contributed by atoms with van der Waals surface area (Å²) in [5.74, 6) is 0.786. The number of carbonyl (C=O) groups is 2. The van der Waals surface area contributed by atoms with Gasteiger partial charge in [-0.15, -0.1) is 0 Å². The molecular formula is C16H20N2O3. The SMILES string of the molecule is COc1ccccc1CC(=O)N1CCN(C2CC2)C(=O)C1. The first-order valence-electron chi connectivity index (χ1n) is 7.38. The number of hydrogen-bond acceptors (Lipinski definition) is 3. The number of hydrogen-bond donors (Lipinski definition) is 0. The zero-order chi connectivity index (χ0) is 14.8. The van der Waals surface area contributed by atoms with Gasteiger partial charge >= 0.3 is 0 Å². The van der Waals surface area contributed by atoms with Crippen LogP contribution in [-0.4, -0.2) is 54.4 Å². The van der Waals surface area contributed by atoms with Gasteiger partial charge in [0.2, 0.25) is 11.8 Å². The van der Waals surface area contributed by atoms with Crippen molar-refractivity contribution in [3.63, 3.8) is 0 Å². The van der Waals surface area contributed by atoms with Crippen LogP contribution in [-0.2, 0) is 16.0 Å². The summed E-state index contributed by atoms with van der Waals surface area (Å²) in [7, 11) is 1.60. The van der Waals surface area contributed by atoms with Crippen molar-refractivity contribution in [3.05, 3.63) is 29.8 Å². The van der Waals surface area contributed by atoms with Gasteiger partial charge in [-0.05, 0) is 18.9 Å². The third-order valence-electron chi connectivity index (χ3n) is 4.13. The molecule has 2 amide bonds. The lowest BCUT2D eigenvalue weighted by molar-refractivity contribution is -0.145. The van der Waals surface area contributed by atoms with E-state index < -0.39 is 0 Å². The maximum atomic E-state index is 12.4. The van der Waals surface area contributed by atoms with Gasteiger partial charge in [0.05, 0.1) is 20.1 Å². The van der Waals surface area contributed by atoms with Crippen LogP contribution in [0, 0.1) is 0 Å². The van der Waals surface area contributed by atoms with Gasteiger partial charge in [-0.2, -0.15) is 0 Å². The van der Waals surface area contributed by atoms with Gasteiger partial charge in [0.1, 0.15) is 5.75 Å². The predicted molar refractivity (Wildman–Crippen MR) is 78.0 cm³/mol. The van der Waals surface area contributed by atoms with E-state index in [1.807, 2.05) is 29.2 Å². The second kappa shape index (κ2) is 5.76. The minimum atomic E-state index is -0.0108. The summed E-state index contributed by atoms with van der Waals surface area (Å²) in [6, 6.07) is 7.94. The van der Waals surface area contributed by atoms with E-state index in [4.69, 9.17) is 4.74 Å². The molecule has 21 heavy (non-hydrogen) atoms. The van der Waals surface area contributed by atoms with Crippen LogP contribution in [0.3, 0.4) is 0 Å². The number of carbonyl (C=O) groups excluding carboxylic acids is 2. The van der Waals surface area contributed by atoms with E-state index in [0.29, 0.717) is 24.9 Å². The Balaban J connectivity index is 1.62. The fourth-order valence-corrected chi connectivity index (χ4v) is 2.80. The third kappa shape index (κ3) is 3.01. The molecule has 3 rings (SSSR count). The largest absolute Gasteiger partial charge is 0.496 e. The lowest BCUT2D eigenvalue weighted by atomic mass is 10.1. The highest BCUT2D eigenvalue weighted by molar-refractivity contribution is 5.87. The van der Waals surface area contributed by atoms with Gasteiger partial charge in [0.25, 0.3) is 0 Å². The number of piperazine rings is 1. The monoisotopic (exact) mass is 288 g/mol. The van der Waals surface area contributed by atoms with Crippen molar-refractivity contribution < 1.29 is 14.3 Å². The molecule has 2 fully saturated rings. The lowest BCUT2D eigenvalue weighted by Crippen LogP contribution is -2.53. The first-order valence-corrected chi connectivity index (χ1v) is 7.38. The Labute approximate surface area is 124 Å². The molecule has 5 nitrogen and oxygen atoms in total. The average molecular weight is 288 g/mol. The molecule has 1 saturated carbocycles. The molecule has 0 spiro atoms. The summed E-state index contributed by atoms with van der Waals surface area (Å²) in [4.78, 5) is 28.0. The van der Waals surface area contributed by atoms with E-state index in [1.54, 1.807) is 12.0 Å². The fourth-order valence-electron chi connectivity index (χ4n) is 2.80. The van der Waals surface area contributed by atoms with Crippen LogP contribution in [0.1, 0.15) is 18.4 Å². The van der Waals surface area contributed by atoms with E-state index >= 15 is 0 Å². The molecule has 2 aliphatic rings. The number of para-hydroxylation sites is 1. The van der Waals surface area contributed by atoms with E-state index in [2.05, 4.69) is 0 Å². The molecule has 0 N–H and O–H groups in total. The highest BCUT2D eigenvalue weighted by Gasteiger charge is 2.36. The third-order valence-corrected chi connectivity index (χ3v) is 4.13. The molecule has 0 bridgehead atoms. The summed E-state index contributed by atoms with van der Waals surface area (Å²) >= 11 is 0. The zero-order valence-corrected chi connectivity index (χ0v) is 12.2. The van der Waals surface area contributed by atoms with Crippen molar-refractivity contribution >= 4 is 11.8 Å². The van der Waals surface area contributed by atoms with Crippen molar-refractivity contribution in [3.8, 4) is 5.75 Å². The van der Waals surface area contributed by atoms with E-state index in [9.17, 15) is 9.59 Å². The number of amides is 2. The Hall–Kier alpha value is -2.04. The Morgan fingerprint density at radius 3 is 2.71 bits per heavy atom. The zero-order valence-electron chi connectivity index (χ0n) is 12.2. The van der Waals surface area contributed by atoms with Gasteiger partial charge in [-0.1, -0.05) is 18.2 Å². The van der Waals surface area contributed by atoms with Gasteiger partial charge < -0.3 is 14.5 Å². The number of methoxy groups -OCH3 is 1. The summed E-state index contributed by atoms with van der Waals surface area (Å²) in [5, 5.41) is 0. The van der Waals surface area contributed by atoms with Crippen LogP contribution in [0.15, 0.2) is 24.3 Å². The highest BCUT2D eigenvalue weighted by atomic mass is 16.5. The summed E-state index contributed by atoms with van der Waals surface area (Å²) in [6.07, 6.45) is 2.50. The van der Waals surface area contributed by atoms with Gasteiger partial charge in [-0.3, -0.25) is 9.59 Å². The first-order chi connectivity index (χ1) is 10.2. The van der Waals surface area contributed by atoms with Gasteiger partial charge in [0, 0.05) is 24.7 Å². The molecule has 1 aromatic carbocycles. The molecule has 1 aliphatic carbocycles. The molecule has 0 aromatic heterocycles. The molecular weight excluding hydrogens is 268 g/mol. The van der Waals surface area contributed by atoms with E-state index in [-0.39, 0.29) is 24.8 Å². The summed E-state index contributed by atoms with van der Waals surface area (Å²) < 4.78 is 5.27. The normalized spacial score (nSPS) is 18.8. The summed E-state index contributed by atoms with van der Waals surface area (Å²) in [5.41, 5.74) is 0.863. The lowest BCUT2D eigenvalue weighted by Gasteiger charge is -2.34. The van der Waals surface area contributed by atoms with Crippen LogP contribution >= 0.6 is 0 Å². The topological polar surface area (TPSA) is 49.9 Å². The predicted octanol–water partition coefficient (Wildman–Crippen LogP) is 1.07. The molecule has 1 heterocycles. The molecule has 1 aromatic rings. The highest BCUT2D eigenvalue weighted by Crippen LogP contribution is 2.28. The molecule has 0 radical (unpaired) electrons. The van der Waals surface area contributed by atoms with Crippen molar-refractivity contribution in [2.24, 2.45) is 0 Å². The Kier molecular flexibility index (Phi) is 3.82. The van der Waals surface area contributed by atoms with Crippen LogP contribution in [0.2, 0.25) is 0 Å². The Morgan fingerprint density at radius 1 is 1.29 bits per heavy atom. The van der Waals surface area contributed by atoms with Crippen LogP contribution in [0.5, 0.6) is 5.75 Å². The van der Waals surface area contributed by atoms with Crippen molar-refractivity contribution in [2.75, 3.05) is 26.7 Å². The quantitative estimate of drug-likeness (QED) is 0.833. The summed E-state index contributed by atoms with van der Waals surface area (Å²) in [6.45, 7) is 1.52. The molecule has 112 valence electrons.